The summed E-state index contributed by atoms with van der Waals surface area (Å²) in [4.78, 5) is 16.5. The number of thiazole rings is 1. The lowest BCUT2D eigenvalue weighted by atomic mass is 10.1. The van der Waals surface area contributed by atoms with Gasteiger partial charge in [-0.05, 0) is 18.9 Å². The average molecular weight is 420 g/mol. The second-order valence-electron chi connectivity index (χ2n) is 6.33. The second-order valence-corrected chi connectivity index (χ2v) is 7.18. The Morgan fingerprint density at radius 3 is 2.65 bits per heavy atom. The van der Waals surface area contributed by atoms with Gasteiger partial charge in [0.05, 0.1) is 18.4 Å². The molecule has 2 N–H and O–H groups in total. The molecule has 5 nitrogen and oxygen atoms in total. The Morgan fingerprint density at radius 2 is 1.96 bits per heavy atom. The first-order chi connectivity index (χ1) is 11.8. The van der Waals surface area contributed by atoms with Gasteiger partial charge in [0.1, 0.15) is 11.3 Å². The smallest absolute Gasteiger partial charge is 0.226 e. The number of aromatic nitrogens is 1. The molecule has 0 saturated heterocycles. The molecule has 8 heteroatoms. The van der Waals surface area contributed by atoms with Crippen molar-refractivity contribution in [1.29, 1.82) is 0 Å². The third-order valence-corrected chi connectivity index (χ3v) is 5.34. The van der Waals surface area contributed by atoms with Crippen molar-refractivity contribution in [1.82, 2.24) is 15.6 Å². The third-order valence-electron chi connectivity index (χ3n) is 4.40. The third kappa shape index (κ3) is 7.27. The van der Waals surface area contributed by atoms with Crippen LogP contribution in [-0.4, -0.2) is 30.0 Å². The number of hydrogen-bond donors (Lipinski definition) is 2. The topological polar surface area (TPSA) is 67.2 Å². The highest BCUT2D eigenvalue weighted by Gasteiger charge is 2.12. The summed E-state index contributed by atoms with van der Waals surface area (Å²) in [5.41, 5.74) is 1.77. The lowest BCUT2D eigenvalue weighted by molar-refractivity contribution is -0.120. The molecule has 1 saturated carbocycles. The van der Waals surface area contributed by atoms with Crippen molar-refractivity contribution >= 4 is 42.1 Å². The lowest BCUT2D eigenvalue weighted by Gasteiger charge is -2.16. The molecule has 3 rings (SSSR count). The molecule has 2 heterocycles. The zero-order valence-electron chi connectivity index (χ0n) is 14.7. The predicted molar refractivity (Wildman–Crippen MR) is 111 cm³/mol. The van der Waals surface area contributed by atoms with Gasteiger partial charge < -0.3 is 15.1 Å². The molecule has 0 radical (unpaired) electrons. The molecule has 146 valence electrons. The highest BCUT2D eigenvalue weighted by Crippen LogP contribution is 2.24. The summed E-state index contributed by atoms with van der Waals surface area (Å²) >= 11 is 1.53. The summed E-state index contributed by atoms with van der Waals surface area (Å²) in [5, 5.41) is 9.37. The SMILES string of the molecule is Cl.Cl.O=C(Cc1csc(-c2ccoc2)n1)NCCNC1CCCCCC1. The number of nitrogens with zero attached hydrogens (tertiary/aromatic N) is 1. The number of furan rings is 1. The van der Waals surface area contributed by atoms with Crippen molar-refractivity contribution in [3.05, 3.63) is 29.7 Å². The number of halogens is 2. The minimum atomic E-state index is 0. The molecule has 0 atom stereocenters. The fraction of sp³-hybridized carbons (Fsp3) is 0.556. The molecule has 1 amide bonds. The van der Waals surface area contributed by atoms with E-state index >= 15 is 0 Å². The molecule has 0 unspecified atom stereocenters. The van der Waals surface area contributed by atoms with Crippen LogP contribution in [0.25, 0.3) is 10.6 Å². The van der Waals surface area contributed by atoms with Crippen LogP contribution in [0.4, 0.5) is 0 Å². The molecule has 2 aromatic rings. The van der Waals surface area contributed by atoms with Crippen LogP contribution in [0.1, 0.15) is 44.2 Å². The number of carbonyl (C=O) groups excluding carboxylic acids is 1. The number of hydrogen-bond acceptors (Lipinski definition) is 5. The second kappa shape index (κ2) is 12.3. The minimum Gasteiger partial charge on any atom is -0.472 e. The first-order valence-corrected chi connectivity index (χ1v) is 9.66. The molecule has 2 aromatic heterocycles. The Hall–Kier alpha value is -1.08. The molecule has 1 aliphatic carbocycles. The predicted octanol–water partition coefficient (Wildman–Crippen LogP) is 4.22. The van der Waals surface area contributed by atoms with Gasteiger partial charge in [-0.1, -0.05) is 25.7 Å². The van der Waals surface area contributed by atoms with Gasteiger partial charge in [-0.2, -0.15) is 0 Å². The van der Waals surface area contributed by atoms with Crippen LogP contribution in [0.5, 0.6) is 0 Å². The van der Waals surface area contributed by atoms with Crippen molar-refractivity contribution in [2.45, 2.75) is 51.0 Å². The quantitative estimate of drug-likeness (QED) is 0.520. The maximum absolute atomic E-state index is 12.0. The number of carbonyl (C=O) groups is 1. The summed E-state index contributed by atoms with van der Waals surface area (Å²) in [7, 11) is 0. The van der Waals surface area contributed by atoms with E-state index in [2.05, 4.69) is 15.6 Å². The van der Waals surface area contributed by atoms with E-state index in [1.165, 1.54) is 49.9 Å². The van der Waals surface area contributed by atoms with E-state index < -0.39 is 0 Å². The van der Waals surface area contributed by atoms with Crippen molar-refractivity contribution in [2.75, 3.05) is 13.1 Å². The van der Waals surface area contributed by atoms with Crippen LogP contribution in [-0.2, 0) is 11.2 Å². The molecule has 1 fully saturated rings. The van der Waals surface area contributed by atoms with Crippen molar-refractivity contribution in [3.8, 4) is 10.6 Å². The van der Waals surface area contributed by atoms with E-state index in [4.69, 9.17) is 4.42 Å². The van der Waals surface area contributed by atoms with Crippen LogP contribution in [0.2, 0.25) is 0 Å². The van der Waals surface area contributed by atoms with Crippen molar-refractivity contribution in [3.63, 3.8) is 0 Å². The maximum atomic E-state index is 12.0. The molecule has 26 heavy (non-hydrogen) atoms. The summed E-state index contributed by atoms with van der Waals surface area (Å²) in [6, 6.07) is 2.50. The first-order valence-electron chi connectivity index (χ1n) is 8.78. The Labute approximate surface area is 171 Å². The van der Waals surface area contributed by atoms with Gasteiger partial charge in [-0.15, -0.1) is 36.2 Å². The van der Waals surface area contributed by atoms with Crippen LogP contribution in [0, 0.1) is 0 Å². The van der Waals surface area contributed by atoms with Gasteiger partial charge in [-0.3, -0.25) is 4.79 Å². The van der Waals surface area contributed by atoms with Gasteiger partial charge in [-0.25, -0.2) is 4.98 Å². The Bertz CT molecular complexity index is 626. The molecular formula is C18H27Cl2N3O2S. The monoisotopic (exact) mass is 419 g/mol. The molecule has 0 spiro atoms. The zero-order chi connectivity index (χ0) is 16.6. The van der Waals surface area contributed by atoms with E-state index in [1.54, 1.807) is 12.5 Å². The molecule has 0 aliphatic heterocycles. The van der Waals surface area contributed by atoms with E-state index in [-0.39, 0.29) is 30.7 Å². The van der Waals surface area contributed by atoms with Crippen LogP contribution in [0.3, 0.4) is 0 Å². The van der Waals surface area contributed by atoms with Crippen LogP contribution < -0.4 is 10.6 Å². The van der Waals surface area contributed by atoms with Crippen LogP contribution in [0.15, 0.2) is 28.4 Å². The normalized spacial score (nSPS) is 14.8. The Morgan fingerprint density at radius 1 is 1.19 bits per heavy atom. The first kappa shape index (κ1) is 23.0. The van der Waals surface area contributed by atoms with E-state index in [9.17, 15) is 4.79 Å². The number of amides is 1. The van der Waals surface area contributed by atoms with Crippen LogP contribution >= 0.6 is 36.2 Å². The largest absolute Gasteiger partial charge is 0.472 e. The van der Waals surface area contributed by atoms with Gasteiger partial charge in [0.2, 0.25) is 5.91 Å². The number of nitrogens with one attached hydrogen (secondary N) is 2. The highest BCUT2D eigenvalue weighted by atomic mass is 35.5. The Kier molecular flexibility index (Phi) is 10.9. The molecule has 0 aromatic carbocycles. The summed E-state index contributed by atoms with van der Waals surface area (Å²) in [6.07, 6.45) is 11.5. The Balaban J connectivity index is 0.00000169. The van der Waals surface area contributed by atoms with E-state index in [0.717, 1.165) is 22.8 Å². The zero-order valence-corrected chi connectivity index (χ0v) is 17.2. The van der Waals surface area contributed by atoms with Crippen molar-refractivity contribution in [2.24, 2.45) is 0 Å². The van der Waals surface area contributed by atoms with Gasteiger partial charge >= 0.3 is 0 Å². The maximum Gasteiger partial charge on any atom is 0.226 e. The molecule has 1 aliphatic rings. The summed E-state index contributed by atoms with van der Waals surface area (Å²) < 4.78 is 5.06. The highest BCUT2D eigenvalue weighted by molar-refractivity contribution is 7.13. The lowest BCUT2D eigenvalue weighted by Crippen LogP contribution is -2.37. The van der Waals surface area contributed by atoms with Gasteiger partial charge in [0.15, 0.2) is 0 Å². The number of rotatable bonds is 7. The minimum absolute atomic E-state index is 0. The van der Waals surface area contributed by atoms with Gasteiger partial charge in [0, 0.05) is 30.1 Å². The summed E-state index contributed by atoms with van der Waals surface area (Å²) in [5.74, 6) is 0.0294. The average Bonchev–Trinajstić information content (AvgIpc) is 3.19. The fourth-order valence-electron chi connectivity index (χ4n) is 3.10. The van der Waals surface area contributed by atoms with Gasteiger partial charge in [0.25, 0.3) is 0 Å². The summed E-state index contributed by atoms with van der Waals surface area (Å²) in [6.45, 7) is 1.52. The molecule has 0 bridgehead atoms. The fourth-order valence-corrected chi connectivity index (χ4v) is 3.90. The van der Waals surface area contributed by atoms with E-state index in [0.29, 0.717) is 19.0 Å². The standard InChI is InChI=1S/C18H25N3O2S.2ClH/c22-17(20-9-8-19-15-5-3-1-2-4-6-15)11-16-13-24-18(21-16)14-7-10-23-12-14;;/h7,10,12-13,15,19H,1-6,8-9,11H2,(H,20,22);2*1H. The van der Waals surface area contributed by atoms with E-state index in [1.807, 2.05) is 11.4 Å². The van der Waals surface area contributed by atoms with Crippen molar-refractivity contribution < 1.29 is 9.21 Å². The molecular weight excluding hydrogens is 393 g/mol.